The third-order valence-corrected chi connectivity index (χ3v) is 7.27. The second-order valence-electron chi connectivity index (χ2n) is 9.85. The summed E-state index contributed by atoms with van der Waals surface area (Å²) in [6.07, 6.45) is 8.16. The van der Waals surface area contributed by atoms with Crippen LogP contribution in [0.2, 0.25) is 0 Å². The van der Waals surface area contributed by atoms with Crippen molar-refractivity contribution in [2.45, 2.75) is 57.2 Å². The van der Waals surface area contributed by atoms with E-state index in [9.17, 15) is 4.79 Å². The van der Waals surface area contributed by atoms with E-state index in [0.29, 0.717) is 36.1 Å². The molecule has 9 nitrogen and oxygen atoms in total. The number of carbonyl (C=O) groups excluding carboxylic acids is 1. The molecule has 1 saturated heterocycles. The molecular weight excluding hydrogens is 416 g/mol. The first-order chi connectivity index (χ1) is 16.0. The first kappa shape index (κ1) is 20.4. The van der Waals surface area contributed by atoms with Crippen LogP contribution >= 0.6 is 0 Å². The van der Waals surface area contributed by atoms with Gasteiger partial charge in [0.15, 0.2) is 0 Å². The van der Waals surface area contributed by atoms with Gasteiger partial charge in [-0.05, 0) is 44.9 Å². The fourth-order valence-corrected chi connectivity index (χ4v) is 5.84. The summed E-state index contributed by atoms with van der Waals surface area (Å²) in [6, 6.07) is 6.88. The number of hydrogen-bond donors (Lipinski definition) is 3. The Balaban J connectivity index is 1.28. The number of carbonyl (C=O) groups is 1. The summed E-state index contributed by atoms with van der Waals surface area (Å²) >= 11 is 0. The minimum atomic E-state index is -0.0753. The average molecular weight is 447 g/mol. The standard InChI is InChI=1S/C24H30N8O/c1-15-12-31(13-16(2)28-15)18-5-6-20(25-11-18)29-23-26-10-17-9-19-22(33)27-14-24(7-3-4-8-24)32(19)21(17)30-23/h5-6,9-11,15-16,28H,3-4,7-8,12-14H2,1-2H3,(H,27,33)(H,25,26,29,30)/t15-,16+. The lowest BCUT2D eigenvalue weighted by Crippen LogP contribution is -2.54. The number of nitrogens with zero attached hydrogens (tertiary/aromatic N) is 5. The summed E-state index contributed by atoms with van der Waals surface area (Å²) in [5.41, 5.74) is 2.55. The lowest BCUT2D eigenvalue weighted by Gasteiger charge is -2.37. The first-order valence-electron chi connectivity index (χ1n) is 11.9. The number of pyridine rings is 1. The molecule has 2 fully saturated rings. The number of amides is 1. The second-order valence-corrected chi connectivity index (χ2v) is 9.85. The summed E-state index contributed by atoms with van der Waals surface area (Å²) in [7, 11) is 0. The summed E-state index contributed by atoms with van der Waals surface area (Å²) in [4.78, 5) is 28.9. The number of hydrogen-bond acceptors (Lipinski definition) is 7. The molecule has 3 aromatic rings. The van der Waals surface area contributed by atoms with Gasteiger partial charge in [-0.1, -0.05) is 12.8 Å². The number of anilines is 3. The molecule has 0 aromatic carbocycles. The Morgan fingerprint density at radius 2 is 1.88 bits per heavy atom. The molecule has 1 amide bonds. The number of aromatic nitrogens is 4. The normalized spacial score (nSPS) is 24.2. The number of nitrogens with one attached hydrogen (secondary N) is 3. The van der Waals surface area contributed by atoms with E-state index in [2.05, 4.69) is 55.3 Å². The van der Waals surface area contributed by atoms with Crippen molar-refractivity contribution in [3.05, 3.63) is 36.3 Å². The maximum Gasteiger partial charge on any atom is 0.268 e. The Kier molecular flexibility index (Phi) is 4.76. The summed E-state index contributed by atoms with van der Waals surface area (Å²) < 4.78 is 2.17. The van der Waals surface area contributed by atoms with Gasteiger partial charge in [0.25, 0.3) is 5.91 Å². The van der Waals surface area contributed by atoms with Crippen molar-refractivity contribution in [2.75, 3.05) is 29.9 Å². The van der Waals surface area contributed by atoms with Gasteiger partial charge in [0, 0.05) is 43.3 Å². The summed E-state index contributed by atoms with van der Waals surface area (Å²) in [5, 5.41) is 10.8. The van der Waals surface area contributed by atoms with Gasteiger partial charge in [0.05, 0.1) is 17.4 Å². The number of fused-ring (bicyclic) bond motifs is 4. The lowest BCUT2D eigenvalue weighted by atomic mass is 9.94. The molecule has 2 aliphatic heterocycles. The topological polar surface area (TPSA) is 100 Å². The van der Waals surface area contributed by atoms with Crippen LogP contribution in [-0.4, -0.2) is 57.1 Å². The van der Waals surface area contributed by atoms with E-state index >= 15 is 0 Å². The van der Waals surface area contributed by atoms with Crippen LogP contribution in [0.25, 0.3) is 11.0 Å². The van der Waals surface area contributed by atoms with Crippen LogP contribution in [0.3, 0.4) is 0 Å². The van der Waals surface area contributed by atoms with Crippen molar-refractivity contribution in [3.63, 3.8) is 0 Å². The van der Waals surface area contributed by atoms with E-state index in [0.717, 1.165) is 42.7 Å². The number of piperazine rings is 1. The molecule has 3 N–H and O–H groups in total. The Labute approximate surface area is 193 Å². The fourth-order valence-electron chi connectivity index (χ4n) is 5.84. The number of rotatable bonds is 3. The Morgan fingerprint density at radius 1 is 1.09 bits per heavy atom. The molecule has 2 atom stereocenters. The molecular formula is C24H30N8O. The maximum absolute atomic E-state index is 12.6. The molecule has 0 unspecified atom stereocenters. The second kappa shape index (κ2) is 7.69. The van der Waals surface area contributed by atoms with Crippen LogP contribution in [-0.2, 0) is 5.54 Å². The Hall–Kier alpha value is -3.20. The minimum absolute atomic E-state index is 0.0335. The van der Waals surface area contributed by atoms with Crippen molar-refractivity contribution in [1.82, 2.24) is 30.2 Å². The first-order valence-corrected chi connectivity index (χ1v) is 11.9. The summed E-state index contributed by atoms with van der Waals surface area (Å²) in [6.45, 7) is 7.01. The molecule has 1 spiro atoms. The van der Waals surface area contributed by atoms with Crippen LogP contribution in [0.1, 0.15) is 50.0 Å². The molecule has 9 heteroatoms. The third-order valence-electron chi connectivity index (χ3n) is 7.27. The molecule has 1 aliphatic carbocycles. The van der Waals surface area contributed by atoms with Crippen LogP contribution in [0.15, 0.2) is 30.6 Å². The van der Waals surface area contributed by atoms with E-state index in [4.69, 9.17) is 4.98 Å². The molecule has 0 radical (unpaired) electrons. The molecule has 1 saturated carbocycles. The van der Waals surface area contributed by atoms with Gasteiger partial charge in [-0.25, -0.2) is 9.97 Å². The van der Waals surface area contributed by atoms with Gasteiger partial charge in [0.2, 0.25) is 5.95 Å². The average Bonchev–Trinajstić information content (AvgIpc) is 3.42. The van der Waals surface area contributed by atoms with Crippen LogP contribution < -0.4 is 20.9 Å². The van der Waals surface area contributed by atoms with E-state index < -0.39 is 0 Å². The van der Waals surface area contributed by atoms with Gasteiger partial charge in [-0.15, -0.1) is 0 Å². The summed E-state index contributed by atoms with van der Waals surface area (Å²) in [5.74, 6) is 1.16. The molecule has 6 rings (SSSR count). The van der Waals surface area contributed by atoms with Gasteiger partial charge in [0.1, 0.15) is 17.2 Å². The zero-order valence-corrected chi connectivity index (χ0v) is 19.1. The van der Waals surface area contributed by atoms with Gasteiger partial charge >= 0.3 is 0 Å². The molecule has 33 heavy (non-hydrogen) atoms. The Bertz CT molecular complexity index is 1190. The SMILES string of the molecule is C[C@@H]1CN(c2ccc(Nc3ncc4cc5n(c4n3)C3(CCCC3)CNC5=O)nc2)C[C@H](C)N1. The van der Waals surface area contributed by atoms with Crippen molar-refractivity contribution >= 4 is 34.4 Å². The minimum Gasteiger partial charge on any atom is -0.367 e. The van der Waals surface area contributed by atoms with Crippen molar-refractivity contribution in [1.29, 1.82) is 0 Å². The highest BCUT2D eigenvalue weighted by Crippen LogP contribution is 2.41. The van der Waals surface area contributed by atoms with Gasteiger partial charge < -0.3 is 25.4 Å². The zero-order valence-electron chi connectivity index (χ0n) is 19.1. The molecule has 3 aliphatic rings. The monoisotopic (exact) mass is 446 g/mol. The third kappa shape index (κ3) is 3.51. The van der Waals surface area contributed by atoms with Crippen molar-refractivity contribution in [3.8, 4) is 0 Å². The van der Waals surface area contributed by atoms with Crippen LogP contribution in [0.4, 0.5) is 17.5 Å². The van der Waals surface area contributed by atoms with Crippen molar-refractivity contribution < 1.29 is 4.79 Å². The van der Waals surface area contributed by atoms with E-state index in [-0.39, 0.29) is 11.4 Å². The largest absolute Gasteiger partial charge is 0.367 e. The molecule has 3 aromatic heterocycles. The predicted molar refractivity (Wildman–Crippen MR) is 128 cm³/mol. The fraction of sp³-hybridized carbons (Fsp3) is 0.500. The lowest BCUT2D eigenvalue weighted by molar-refractivity contribution is 0.0876. The highest BCUT2D eigenvalue weighted by atomic mass is 16.2. The van der Waals surface area contributed by atoms with Gasteiger partial charge in [-0.2, -0.15) is 4.98 Å². The van der Waals surface area contributed by atoms with E-state index in [1.165, 1.54) is 12.8 Å². The maximum atomic E-state index is 12.6. The Morgan fingerprint density at radius 3 is 2.61 bits per heavy atom. The molecule has 5 heterocycles. The highest BCUT2D eigenvalue weighted by molar-refractivity contribution is 5.99. The zero-order chi connectivity index (χ0) is 22.6. The van der Waals surface area contributed by atoms with E-state index in [1.54, 1.807) is 6.20 Å². The predicted octanol–water partition coefficient (Wildman–Crippen LogP) is 2.77. The van der Waals surface area contributed by atoms with Crippen LogP contribution in [0, 0.1) is 0 Å². The van der Waals surface area contributed by atoms with Gasteiger partial charge in [-0.3, -0.25) is 4.79 Å². The highest BCUT2D eigenvalue weighted by Gasteiger charge is 2.42. The molecule has 172 valence electrons. The van der Waals surface area contributed by atoms with Crippen LogP contribution in [0.5, 0.6) is 0 Å². The smallest absolute Gasteiger partial charge is 0.268 e. The quantitative estimate of drug-likeness (QED) is 0.569. The van der Waals surface area contributed by atoms with Crippen molar-refractivity contribution in [2.24, 2.45) is 0 Å². The van der Waals surface area contributed by atoms with E-state index in [1.807, 2.05) is 18.3 Å². The molecule has 0 bridgehead atoms.